The van der Waals surface area contributed by atoms with Crippen LogP contribution in [0.4, 0.5) is 0 Å². The Morgan fingerprint density at radius 1 is 1.18 bits per heavy atom. The molecule has 3 rings (SSSR count). The average Bonchev–Trinajstić information content (AvgIpc) is 3.09. The van der Waals surface area contributed by atoms with Crippen molar-refractivity contribution in [1.29, 1.82) is 0 Å². The Bertz CT molecular complexity index is 494. The lowest BCUT2D eigenvalue weighted by Gasteiger charge is -1.99. The van der Waals surface area contributed by atoms with Gasteiger partial charge < -0.3 is 0 Å². The third-order valence-electron chi connectivity index (χ3n) is 3.26. The van der Waals surface area contributed by atoms with Gasteiger partial charge in [-0.1, -0.05) is 29.8 Å². The molecule has 1 aliphatic carbocycles. The molecular weight excluding hydrogens is 210 g/mol. The molecule has 1 fully saturated rings. The summed E-state index contributed by atoms with van der Waals surface area (Å²) in [5.41, 5.74) is 2.67. The topological polar surface area (TPSA) is 41.6 Å². The second kappa shape index (κ2) is 4.32. The summed E-state index contributed by atoms with van der Waals surface area (Å²) in [6.45, 7) is 2.11. The van der Waals surface area contributed by atoms with Crippen LogP contribution in [0.2, 0.25) is 0 Å². The molecule has 17 heavy (non-hydrogen) atoms. The van der Waals surface area contributed by atoms with Crippen molar-refractivity contribution in [2.24, 2.45) is 0 Å². The van der Waals surface area contributed by atoms with Gasteiger partial charge in [-0.3, -0.25) is 5.10 Å². The summed E-state index contributed by atoms with van der Waals surface area (Å²) in [6.07, 6.45) is 4.49. The van der Waals surface area contributed by atoms with Gasteiger partial charge >= 0.3 is 0 Å². The zero-order valence-electron chi connectivity index (χ0n) is 10.1. The molecule has 0 radical (unpaired) electrons. The van der Waals surface area contributed by atoms with Crippen molar-refractivity contribution in [2.75, 3.05) is 0 Å². The number of benzene rings is 1. The predicted molar refractivity (Wildman–Crippen MR) is 66.9 cm³/mol. The molecule has 0 atom stereocenters. The lowest BCUT2D eigenvalue weighted by molar-refractivity contribution is 0.864. The van der Waals surface area contributed by atoms with Gasteiger partial charge in [-0.15, -0.1) is 0 Å². The molecular formula is C14H17N3. The first kappa shape index (κ1) is 10.5. The minimum Gasteiger partial charge on any atom is -0.263 e. The molecule has 0 unspecified atom stereocenters. The number of H-pyrrole nitrogens is 1. The highest BCUT2D eigenvalue weighted by Crippen LogP contribution is 2.37. The van der Waals surface area contributed by atoms with Gasteiger partial charge in [0.05, 0.1) is 0 Å². The fraction of sp³-hybridized carbons (Fsp3) is 0.429. The van der Waals surface area contributed by atoms with Crippen LogP contribution in [-0.2, 0) is 12.8 Å². The number of aryl methyl sites for hydroxylation is 3. The Morgan fingerprint density at radius 3 is 2.65 bits per heavy atom. The van der Waals surface area contributed by atoms with Crippen molar-refractivity contribution in [2.45, 2.75) is 38.5 Å². The molecule has 1 saturated carbocycles. The monoisotopic (exact) mass is 227 g/mol. The molecule has 2 aromatic rings. The van der Waals surface area contributed by atoms with Crippen LogP contribution < -0.4 is 0 Å². The quantitative estimate of drug-likeness (QED) is 0.872. The van der Waals surface area contributed by atoms with Crippen LogP contribution in [0.5, 0.6) is 0 Å². The van der Waals surface area contributed by atoms with Crippen LogP contribution in [0, 0.1) is 6.92 Å². The van der Waals surface area contributed by atoms with Crippen molar-refractivity contribution >= 4 is 0 Å². The fourth-order valence-corrected chi connectivity index (χ4v) is 1.96. The van der Waals surface area contributed by atoms with Crippen LogP contribution >= 0.6 is 0 Å². The SMILES string of the molecule is Cc1ccc(CCc2nc(C3CC3)n[nH]2)cc1. The van der Waals surface area contributed by atoms with Gasteiger partial charge in [0.1, 0.15) is 5.82 Å². The van der Waals surface area contributed by atoms with Gasteiger partial charge in [0.2, 0.25) is 0 Å². The highest BCUT2D eigenvalue weighted by molar-refractivity contribution is 5.21. The lowest BCUT2D eigenvalue weighted by atomic mass is 10.1. The first-order valence-corrected chi connectivity index (χ1v) is 6.28. The van der Waals surface area contributed by atoms with E-state index in [1.165, 1.54) is 24.0 Å². The van der Waals surface area contributed by atoms with Crippen LogP contribution in [0.15, 0.2) is 24.3 Å². The molecule has 1 heterocycles. The van der Waals surface area contributed by atoms with Crippen molar-refractivity contribution in [1.82, 2.24) is 15.2 Å². The Kier molecular flexibility index (Phi) is 2.67. The second-order valence-corrected chi connectivity index (χ2v) is 4.90. The van der Waals surface area contributed by atoms with E-state index in [1.807, 2.05) is 0 Å². The van der Waals surface area contributed by atoms with E-state index in [1.54, 1.807) is 0 Å². The smallest absolute Gasteiger partial charge is 0.153 e. The van der Waals surface area contributed by atoms with Gasteiger partial charge in [0.15, 0.2) is 5.82 Å². The number of hydrogen-bond donors (Lipinski definition) is 1. The summed E-state index contributed by atoms with van der Waals surface area (Å²) < 4.78 is 0. The third-order valence-corrected chi connectivity index (χ3v) is 3.26. The van der Waals surface area contributed by atoms with E-state index in [-0.39, 0.29) is 0 Å². The molecule has 88 valence electrons. The van der Waals surface area contributed by atoms with Crippen LogP contribution in [0.25, 0.3) is 0 Å². The maximum Gasteiger partial charge on any atom is 0.153 e. The van der Waals surface area contributed by atoms with E-state index in [4.69, 9.17) is 0 Å². The summed E-state index contributed by atoms with van der Waals surface area (Å²) >= 11 is 0. The predicted octanol–water partition coefficient (Wildman–Crippen LogP) is 2.78. The highest BCUT2D eigenvalue weighted by Gasteiger charge is 2.27. The van der Waals surface area contributed by atoms with Crippen LogP contribution in [0.1, 0.15) is 41.5 Å². The number of nitrogens with one attached hydrogen (secondary N) is 1. The summed E-state index contributed by atoms with van der Waals surface area (Å²) in [5, 5.41) is 7.32. The van der Waals surface area contributed by atoms with E-state index in [9.17, 15) is 0 Å². The van der Waals surface area contributed by atoms with Gasteiger partial charge in [-0.25, -0.2) is 4.98 Å². The fourth-order valence-electron chi connectivity index (χ4n) is 1.96. The van der Waals surface area contributed by atoms with E-state index >= 15 is 0 Å². The van der Waals surface area contributed by atoms with Gasteiger partial charge in [0, 0.05) is 12.3 Å². The standard InChI is InChI=1S/C14H17N3/c1-10-2-4-11(5-3-10)6-9-13-15-14(17-16-13)12-7-8-12/h2-5,12H,6-9H2,1H3,(H,15,16,17). The lowest BCUT2D eigenvalue weighted by Crippen LogP contribution is -1.94. The molecule has 1 N–H and O–H groups in total. The maximum absolute atomic E-state index is 4.54. The molecule has 3 nitrogen and oxygen atoms in total. The van der Waals surface area contributed by atoms with Gasteiger partial charge in [-0.2, -0.15) is 5.10 Å². The van der Waals surface area contributed by atoms with Crippen LogP contribution in [0.3, 0.4) is 0 Å². The largest absolute Gasteiger partial charge is 0.263 e. The minimum absolute atomic E-state index is 0.638. The Labute approximate surface area is 101 Å². The normalized spacial score (nSPS) is 15.1. The zero-order valence-corrected chi connectivity index (χ0v) is 10.1. The number of rotatable bonds is 4. The Hall–Kier alpha value is -1.64. The second-order valence-electron chi connectivity index (χ2n) is 4.90. The molecule has 0 aliphatic heterocycles. The highest BCUT2D eigenvalue weighted by atomic mass is 15.2. The van der Waals surface area contributed by atoms with Gasteiger partial charge in [0.25, 0.3) is 0 Å². The maximum atomic E-state index is 4.54. The van der Waals surface area contributed by atoms with Crippen molar-refractivity contribution in [3.8, 4) is 0 Å². The van der Waals surface area contributed by atoms with E-state index in [0.29, 0.717) is 5.92 Å². The third kappa shape index (κ3) is 2.54. The molecule has 0 saturated heterocycles. The number of aromatic nitrogens is 3. The Balaban J connectivity index is 1.60. The molecule has 3 heteroatoms. The first-order chi connectivity index (χ1) is 8.31. The van der Waals surface area contributed by atoms with E-state index in [2.05, 4.69) is 46.4 Å². The van der Waals surface area contributed by atoms with E-state index < -0.39 is 0 Å². The summed E-state index contributed by atoms with van der Waals surface area (Å²) in [5.74, 6) is 2.68. The van der Waals surface area contributed by atoms with E-state index in [0.717, 1.165) is 24.5 Å². The van der Waals surface area contributed by atoms with Crippen LogP contribution in [-0.4, -0.2) is 15.2 Å². The molecule has 1 aliphatic rings. The number of aromatic amines is 1. The summed E-state index contributed by atoms with van der Waals surface area (Å²) in [6, 6.07) is 8.69. The molecule has 0 amide bonds. The molecule has 1 aromatic heterocycles. The summed E-state index contributed by atoms with van der Waals surface area (Å²) in [4.78, 5) is 4.54. The zero-order chi connectivity index (χ0) is 11.7. The first-order valence-electron chi connectivity index (χ1n) is 6.28. The minimum atomic E-state index is 0.638. The summed E-state index contributed by atoms with van der Waals surface area (Å²) in [7, 11) is 0. The van der Waals surface area contributed by atoms with Crippen molar-refractivity contribution in [3.63, 3.8) is 0 Å². The van der Waals surface area contributed by atoms with Gasteiger partial charge in [-0.05, 0) is 31.7 Å². The Morgan fingerprint density at radius 2 is 1.94 bits per heavy atom. The van der Waals surface area contributed by atoms with Crippen molar-refractivity contribution in [3.05, 3.63) is 47.0 Å². The van der Waals surface area contributed by atoms with Crippen molar-refractivity contribution < 1.29 is 0 Å². The average molecular weight is 227 g/mol. The molecule has 1 aromatic carbocycles. The number of hydrogen-bond acceptors (Lipinski definition) is 2. The molecule has 0 bridgehead atoms. The number of nitrogens with zero attached hydrogens (tertiary/aromatic N) is 2. The molecule has 0 spiro atoms.